The molecule has 0 bridgehead atoms. The van der Waals surface area contributed by atoms with Crippen LogP contribution in [-0.2, 0) is 92.6 Å². The van der Waals surface area contributed by atoms with Crippen molar-refractivity contribution < 1.29 is 94.1 Å². The van der Waals surface area contributed by atoms with Gasteiger partial charge in [-0.1, -0.05) is 54.6 Å². The number of aliphatic hydroxyl groups is 2. The summed E-state index contributed by atoms with van der Waals surface area (Å²) >= 11 is 13.3. The number of nitrogens with zero attached hydrogens (tertiary/aromatic N) is 10. The molecular weight excluding hydrogens is 1620 g/mol. The zero-order chi connectivity index (χ0) is 83.7. The lowest BCUT2D eigenvalue weighted by atomic mass is 9.86. The van der Waals surface area contributed by atoms with Crippen LogP contribution in [0.25, 0.3) is 44.1 Å². The number of carbonyl (C=O) groups is 2. The van der Waals surface area contributed by atoms with E-state index in [0.29, 0.717) is 54.4 Å². The van der Waals surface area contributed by atoms with E-state index in [1.165, 1.54) is 68.4 Å². The van der Waals surface area contributed by atoms with Gasteiger partial charge in [0.2, 0.25) is 0 Å². The van der Waals surface area contributed by atoms with Crippen molar-refractivity contribution in [1.29, 1.82) is 0 Å². The van der Waals surface area contributed by atoms with E-state index in [0.717, 1.165) is 36.8 Å². The standard InChI is InChI=1S/C40H36ClF6N5O5S.C39H35ClF6N6O4S.CH4/c1-39(2,54)9-8-29-31(57-4)16-25(24-6-7-28(41)33-30(18-58(5,55)56)49-51(3)36(24)33)34(48-29)20(10-19-11-21(42)14-22(43)12-19)13-23(53)17-52-37-32(35(50-52)38(44)45)26-15-27(26)40(37,46)47;1-38(2,54)8-7-29-28(47)15-24(23-5-6-27(40)32-30(17-57(4,55)56)49-51(3)35(23)32)33(48-29)19(9-18-10-20(41)13-21(42)11-18)12-22(53)16-52-36-31(34(50-52)37(43)44)25-14-26(25)39(36,45)46;/h6-7,11-12,14,16,20,26-27,38,54H,10,13,15,17-18H2,1-5H3;5-6,10-11,13,15,19,25-26,37,54H,9,12,14,16-17,47H2,1-4H3;1H4/t20-,26+,27-;19-,25+,26-;/m11./s1. The molecule has 4 aromatic carbocycles. The maximum atomic E-state index is 15.5. The van der Waals surface area contributed by atoms with Gasteiger partial charge in [0.25, 0.3) is 24.7 Å². The highest BCUT2D eigenvalue weighted by Gasteiger charge is 2.68. The topological polar surface area (TPSA) is 275 Å². The first-order valence-corrected chi connectivity index (χ1v) is 40.5. The van der Waals surface area contributed by atoms with Gasteiger partial charge >= 0.3 is 0 Å². The number of alkyl halides is 8. The van der Waals surface area contributed by atoms with E-state index in [9.17, 15) is 71.8 Å². The fourth-order valence-corrected chi connectivity index (χ4v) is 17.6. The number of sulfone groups is 2. The fourth-order valence-electron chi connectivity index (χ4n) is 15.7. The van der Waals surface area contributed by atoms with E-state index in [2.05, 4.69) is 44.1 Å². The number of pyridine rings is 2. The summed E-state index contributed by atoms with van der Waals surface area (Å²) < 4.78 is 236. The third-order valence-corrected chi connectivity index (χ3v) is 22.4. The molecule has 36 heteroatoms. The number of carbonyl (C=O) groups excluding carboxylic acids is 2. The first kappa shape index (κ1) is 85.5. The first-order chi connectivity index (χ1) is 53.6. The maximum absolute atomic E-state index is 15.5. The van der Waals surface area contributed by atoms with Gasteiger partial charge in [0.05, 0.1) is 68.2 Å². The summed E-state index contributed by atoms with van der Waals surface area (Å²) in [7, 11) is -2.73. The minimum atomic E-state index is -3.60. The monoisotopic (exact) mass is 1700 g/mol. The Morgan fingerprint density at radius 2 is 0.957 bits per heavy atom. The maximum Gasteiger partial charge on any atom is 0.293 e. The van der Waals surface area contributed by atoms with Crippen LogP contribution in [0.1, 0.15) is 177 Å². The number of ketones is 2. The van der Waals surface area contributed by atoms with Crippen molar-refractivity contribution in [2.24, 2.45) is 25.9 Å². The quantitative estimate of drug-likeness (QED) is 0.0396. The number of ether oxygens (including phenoxy) is 1. The van der Waals surface area contributed by atoms with Gasteiger partial charge in [-0.3, -0.25) is 28.3 Å². The van der Waals surface area contributed by atoms with Crippen molar-refractivity contribution in [3.63, 3.8) is 0 Å². The number of nitrogens with two attached hydrogens (primary N) is 1. The van der Waals surface area contributed by atoms with Crippen molar-refractivity contribution in [1.82, 2.24) is 49.1 Å². The molecule has 0 aliphatic heterocycles. The summed E-state index contributed by atoms with van der Waals surface area (Å²) in [5, 5.41) is 38.2. The Kier molecular flexibility index (Phi) is 23.0. The second-order valence-corrected chi connectivity index (χ2v) is 35.7. The van der Waals surface area contributed by atoms with Crippen LogP contribution < -0.4 is 10.5 Å². The molecule has 6 heterocycles. The van der Waals surface area contributed by atoms with Crippen LogP contribution in [0.3, 0.4) is 0 Å². The molecule has 0 saturated heterocycles. The number of rotatable bonds is 23. The molecular formula is C80H75Cl2F12N11O9S2. The van der Waals surface area contributed by atoms with E-state index < -0.39 is 186 Å². The molecule has 614 valence electrons. The summed E-state index contributed by atoms with van der Waals surface area (Å²) in [6, 6.07) is 14.7. The van der Waals surface area contributed by atoms with Gasteiger partial charge in [0, 0.05) is 119 Å². The lowest BCUT2D eigenvalue weighted by Gasteiger charge is -2.22. The van der Waals surface area contributed by atoms with Crippen molar-refractivity contribution in [2.45, 2.75) is 158 Å². The average Bonchev–Trinajstić information content (AvgIpc) is 1.52. The summed E-state index contributed by atoms with van der Waals surface area (Å²) in [4.78, 5) is 37.8. The molecule has 0 radical (unpaired) electrons. The van der Waals surface area contributed by atoms with Crippen LogP contribution in [0.4, 0.5) is 58.4 Å². The van der Waals surface area contributed by atoms with Gasteiger partial charge < -0.3 is 20.7 Å². The highest BCUT2D eigenvalue weighted by Crippen LogP contribution is 2.69. The summed E-state index contributed by atoms with van der Waals surface area (Å²) in [5.41, 5.74) is 2.48. The van der Waals surface area contributed by atoms with Gasteiger partial charge in [-0.15, -0.1) is 0 Å². The second kappa shape index (κ2) is 31.2. The fraction of sp³-hybridized carbons (Fsp3) is 0.400. The van der Waals surface area contributed by atoms with Crippen molar-refractivity contribution in [3.8, 4) is 51.7 Å². The number of benzene rings is 4. The smallest absolute Gasteiger partial charge is 0.293 e. The number of nitrogen functional groups attached to an aromatic ring is 1. The number of aromatic nitrogens is 10. The van der Waals surface area contributed by atoms with Crippen LogP contribution >= 0.6 is 23.2 Å². The third kappa shape index (κ3) is 17.4. The van der Waals surface area contributed by atoms with Crippen LogP contribution in [0.5, 0.6) is 5.75 Å². The molecule has 4 aliphatic carbocycles. The molecule has 2 fully saturated rings. The zero-order valence-corrected chi connectivity index (χ0v) is 65.7. The number of Topliss-reactive ketones (excluding diaryl/α,β-unsaturated/α-hetero) is 2. The summed E-state index contributed by atoms with van der Waals surface area (Å²) in [6.45, 7) is 4.06. The normalized spacial score (nSPS) is 17.5. The van der Waals surface area contributed by atoms with Gasteiger partial charge in [0.1, 0.15) is 76.0 Å². The molecule has 0 spiro atoms. The minimum Gasteiger partial charge on any atom is -0.494 e. The highest BCUT2D eigenvalue weighted by atomic mass is 35.5. The Bertz CT molecular complexity index is 6030. The van der Waals surface area contributed by atoms with E-state index in [-0.39, 0.29) is 122 Å². The predicted octanol–water partition coefficient (Wildman–Crippen LogP) is 15.4. The molecule has 4 aliphatic rings. The number of hydrogen-bond acceptors (Lipinski definition) is 16. The van der Waals surface area contributed by atoms with Crippen molar-refractivity contribution >= 4 is 81.9 Å². The van der Waals surface area contributed by atoms with Crippen molar-refractivity contribution in [2.75, 3.05) is 25.4 Å². The lowest BCUT2D eigenvalue weighted by Crippen LogP contribution is -2.24. The lowest BCUT2D eigenvalue weighted by molar-refractivity contribution is -0.121. The van der Waals surface area contributed by atoms with E-state index in [1.54, 1.807) is 26.2 Å². The number of anilines is 1. The van der Waals surface area contributed by atoms with E-state index in [4.69, 9.17) is 43.6 Å². The number of halogens is 14. The number of methoxy groups -OCH3 is 1. The Balaban J connectivity index is 0.000000212. The van der Waals surface area contributed by atoms with Gasteiger partial charge in [-0.2, -0.15) is 38.0 Å². The molecule has 14 rings (SSSR count). The molecule has 20 nitrogen and oxygen atoms in total. The van der Waals surface area contributed by atoms with Gasteiger partial charge in [0.15, 0.2) is 42.7 Å². The molecule has 10 aromatic rings. The molecule has 116 heavy (non-hydrogen) atoms. The predicted molar refractivity (Wildman–Crippen MR) is 408 cm³/mol. The average molecular weight is 1700 g/mol. The first-order valence-electron chi connectivity index (χ1n) is 35.6. The van der Waals surface area contributed by atoms with Gasteiger partial charge in [-0.25, -0.2) is 61.9 Å². The highest BCUT2D eigenvalue weighted by molar-refractivity contribution is 7.90. The Morgan fingerprint density at radius 3 is 1.32 bits per heavy atom. The Hall–Kier alpha value is -9.84. The summed E-state index contributed by atoms with van der Waals surface area (Å²) in [5.74, 6) is -8.26. The molecule has 4 N–H and O–H groups in total. The SMILES string of the molecule is C.COc1cc(-c2ccc(Cl)c3c(CS(C)(=O)=O)nn(C)c23)c([C@@H](CC(=O)Cn2nc(C(F)F)c3c2C(F)(F)[C@@H]2C[C@H]32)Cc2cc(F)cc(F)c2)nc1C#CC(C)(C)O.Cn1nc(CS(C)(=O)=O)c2c(Cl)ccc(-c3cc(N)c(C#CC(C)(C)O)nc3[C@@H](CC(=O)Cn3nc(C(F)F)c4c3C(F)(F)[C@@H]3C[C@H]43)Cc3cc(F)cc(F)c3)c21. The largest absolute Gasteiger partial charge is 0.494 e. The molecule has 0 unspecified atom stereocenters. The van der Waals surface area contributed by atoms with Gasteiger partial charge in [-0.05, 0) is 137 Å². The zero-order valence-electron chi connectivity index (χ0n) is 62.5. The minimum absolute atomic E-state index is 0. The number of aryl methyl sites for hydroxylation is 2. The van der Waals surface area contributed by atoms with Crippen LogP contribution in [0.15, 0.2) is 72.8 Å². The summed E-state index contributed by atoms with van der Waals surface area (Å²) in [6.07, 6.45) is -5.76. The van der Waals surface area contributed by atoms with E-state index >= 15 is 17.6 Å². The van der Waals surface area contributed by atoms with Crippen molar-refractivity contribution in [3.05, 3.63) is 185 Å². The molecule has 2 saturated carbocycles. The van der Waals surface area contributed by atoms with Crippen LogP contribution in [-0.4, -0.2) is 119 Å². The van der Waals surface area contributed by atoms with E-state index in [1.807, 2.05) is 0 Å². The number of hydrogen-bond donors (Lipinski definition) is 3. The molecule has 0 amide bonds. The second-order valence-electron chi connectivity index (χ2n) is 30.6. The van der Waals surface area contributed by atoms with Crippen LogP contribution in [0, 0.1) is 58.8 Å². The molecule has 6 atom stereocenters. The Morgan fingerprint density at radius 1 is 0.586 bits per heavy atom. The third-order valence-electron chi connectivity index (χ3n) is 20.2. The Labute approximate surface area is 667 Å². The number of fused-ring (bicyclic) bond motifs is 8. The van der Waals surface area contributed by atoms with Crippen LogP contribution in [0.2, 0.25) is 10.0 Å². The molecule has 6 aromatic heterocycles.